The van der Waals surface area contributed by atoms with Crippen LogP contribution in [0.3, 0.4) is 0 Å². The molecule has 2 amide bonds. The summed E-state index contributed by atoms with van der Waals surface area (Å²) in [7, 11) is -3.45. The summed E-state index contributed by atoms with van der Waals surface area (Å²) in [6, 6.07) is 6.76. The molecule has 0 aromatic heterocycles. The molecule has 28 heavy (non-hydrogen) atoms. The van der Waals surface area contributed by atoms with Crippen LogP contribution in [-0.2, 0) is 26.0 Å². The molecule has 0 spiro atoms. The van der Waals surface area contributed by atoms with Crippen LogP contribution < -0.4 is 4.72 Å². The molecule has 154 valence electrons. The number of rotatable bonds is 7. The van der Waals surface area contributed by atoms with Crippen molar-refractivity contribution in [2.24, 2.45) is 0 Å². The fourth-order valence-electron chi connectivity index (χ4n) is 3.09. The van der Waals surface area contributed by atoms with Gasteiger partial charge in [0.1, 0.15) is 0 Å². The van der Waals surface area contributed by atoms with Gasteiger partial charge in [0.2, 0.25) is 15.9 Å². The highest BCUT2D eigenvalue weighted by molar-refractivity contribution is 7.89. The lowest BCUT2D eigenvalue weighted by molar-refractivity contribution is -0.132. The third-order valence-corrected chi connectivity index (χ3v) is 6.46. The second-order valence-corrected chi connectivity index (χ2v) is 8.82. The second-order valence-electron chi connectivity index (χ2n) is 7.11. The lowest BCUT2D eigenvalue weighted by Gasteiger charge is -2.34. The first kappa shape index (κ1) is 20.6. The topological polar surface area (TPSA) is 96.0 Å². The zero-order chi connectivity index (χ0) is 20.1. The molecule has 1 aliphatic heterocycles. The zero-order valence-corrected chi connectivity index (χ0v) is 16.9. The summed E-state index contributed by atoms with van der Waals surface area (Å²) in [5.74, 6) is 0.0376. The van der Waals surface area contributed by atoms with Gasteiger partial charge in [0.15, 0.2) is 0 Å². The van der Waals surface area contributed by atoms with Crippen LogP contribution in [0.15, 0.2) is 29.2 Å². The van der Waals surface area contributed by atoms with Gasteiger partial charge in [0.05, 0.1) is 11.5 Å². The fraction of sp³-hybridized carbons (Fsp3) is 0.579. The quantitative estimate of drug-likeness (QED) is 0.734. The van der Waals surface area contributed by atoms with E-state index in [2.05, 4.69) is 4.72 Å². The highest BCUT2D eigenvalue weighted by atomic mass is 32.2. The van der Waals surface area contributed by atoms with Gasteiger partial charge in [-0.05, 0) is 43.9 Å². The molecule has 8 nitrogen and oxygen atoms in total. The summed E-state index contributed by atoms with van der Waals surface area (Å²) in [4.78, 5) is 27.7. The molecule has 2 fully saturated rings. The van der Waals surface area contributed by atoms with Gasteiger partial charge in [0.25, 0.3) is 0 Å². The molecule has 2 aliphatic rings. The molecule has 0 atom stereocenters. The lowest BCUT2D eigenvalue weighted by atomic mass is 10.1. The number of aryl methyl sites for hydroxylation is 1. The first-order valence-electron chi connectivity index (χ1n) is 9.70. The van der Waals surface area contributed by atoms with E-state index in [1.807, 2.05) is 0 Å². The predicted molar refractivity (Wildman–Crippen MR) is 103 cm³/mol. The van der Waals surface area contributed by atoms with E-state index in [0.717, 1.165) is 18.4 Å². The average Bonchev–Trinajstić information content (AvgIpc) is 3.50. The van der Waals surface area contributed by atoms with E-state index in [1.54, 1.807) is 41.0 Å². The van der Waals surface area contributed by atoms with Crippen LogP contribution in [0.25, 0.3) is 0 Å². The van der Waals surface area contributed by atoms with Crippen molar-refractivity contribution in [3.05, 3.63) is 29.8 Å². The second kappa shape index (κ2) is 8.91. The van der Waals surface area contributed by atoms with Gasteiger partial charge in [0, 0.05) is 38.6 Å². The average molecular weight is 410 g/mol. The van der Waals surface area contributed by atoms with Gasteiger partial charge in [-0.15, -0.1) is 0 Å². The highest BCUT2D eigenvalue weighted by Crippen LogP contribution is 2.22. The summed E-state index contributed by atoms with van der Waals surface area (Å²) >= 11 is 0. The minimum absolute atomic E-state index is 0.0376. The van der Waals surface area contributed by atoms with E-state index < -0.39 is 10.0 Å². The Morgan fingerprint density at radius 3 is 2.25 bits per heavy atom. The van der Waals surface area contributed by atoms with Crippen molar-refractivity contribution in [2.75, 3.05) is 32.8 Å². The van der Waals surface area contributed by atoms with E-state index in [1.165, 1.54) is 0 Å². The molecule has 1 N–H and O–H groups in total. The summed E-state index contributed by atoms with van der Waals surface area (Å²) < 4.78 is 32.0. The van der Waals surface area contributed by atoms with Gasteiger partial charge >= 0.3 is 6.09 Å². The van der Waals surface area contributed by atoms with Crippen LogP contribution in [0.4, 0.5) is 4.79 Å². The van der Waals surface area contributed by atoms with Crippen molar-refractivity contribution in [3.63, 3.8) is 0 Å². The number of hydrogen-bond donors (Lipinski definition) is 1. The molecule has 0 bridgehead atoms. The molecule has 1 saturated carbocycles. The summed E-state index contributed by atoms with van der Waals surface area (Å²) in [6.45, 7) is 4.07. The molecule has 1 heterocycles. The molecule has 1 saturated heterocycles. The van der Waals surface area contributed by atoms with E-state index >= 15 is 0 Å². The SMILES string of the molecule is CCOC(=O)N1CCN(C(=O)CCc2ccc(S(=O)(=O)NC3CC3)cc2)CC1. The van der Waals surface area contributed by atoms with E-state index in [4.69, 9.17) is 4.74 Å². The van der Waals surface area contributed by atoms with Crippen molar-refractivity contribution in [1.82, 2.24) is 14.5 Å². The highest BCUT2D eigenvalue weighted by Gasteiger charge is 2.28. The molecule has 0 unspecified atom stereocenters. The molecule has 0 radical (unpaired) electrons. The molecule has 1 aromatic carbocycles. The van der Waals surface area contributed by atoms with E-state index in [9.17, 15) is 18.0 Å². The number of piperazine rings is 1. The van der Waals surface area contributed by atoms with Crippen molar-refractivity contribution in [2.45, 2.75) is 43.5 Å². The standard InChI is InChI=1S/C19H27N3O5S/c1-2-27-19(24)22-13-11-21(12-14-22)18(23)10-5-15-3-8-17(9-4-15)28(25,26)20-16-6-7-16/h3-4,8-9,16,20H,2,5-7,10-14H2,1H3. The fourth-order valence-corrected chi connectivity index (χ4v) is 4.39. The Morgan fingerprint density at radius 1 is 1.07 bits per heavy atom. The Balaban J connectivity index is 1.45. The van der Waals surface area contributed by atoms with Crippen LogP contribution in [0.2, 0.25) is 0 Å². The number of nitrogens with zero attached hydrogens (tertiary/aromatic N) is 2. The smallest absolute Gasteiger partial charge is 0.409 e. The Bertz CT molecular complexity index is 797. The largest absolute Gasteiger partial charge is 0.450 e. The van der Waals surface area contributed by atoms with Gasteiger partial charge in [-0.25, -0.2) is 17.9 Å². The Labute approximate surface area is 165 Å². The third kappa shape index (κ3) is 5.45. The van der Waals surface area contributed by atoms with Crippen molar-refractivity contribution in [3.8, 4) is 0 Å². The number of carbonyl (C=O) groups is 2. The number of ether oxygens (including phenoxy) is 1. The first-order chi connectivity index (χ1) is 13.4. The maximum absolute atomic E-state index is 12.4. The summed E-state index contributed by atoms with van der Waals surface area (Å²) in [6.07, 6.45) is 2.36. The maximum atomic E-state index is 12.4. The number of carbonyl (C=O) groups excluding carboxylic acids is 2. The molecule has 9 heteroatoms. The van der Waals surface area contributed by atoms with Gasteiger partial charge in [-0.1, -0.05) is 12.1 Å². The molecule has 3 rings (SSSR count). The van der Waals surface area contributed by atoms with Crippen LogP contribution in [0, 0.1) is 0 Å². The number of sulfonamides is 1. The minimum Gasteiger partial charge on any atom is -0.450 e. The summed E-state index contributed by atoms with van der Waals surface area (Å²) in [5.41, 5.74) is 0.920. The number of amides is 2. The normalized spacial score (nSPS) is 17.5. The van der Waals surface area contributed by atoms with Crippen molar-refractivity contribution < 1.29 is 22.7 Å². The Hall–Kier alpha value is -2.13. The summed E-state index contributed by atoms with van der Waals surface area (Å²) in [5, 5.41) is 0. The first-order valence-corrected chi connectivity index (χ1v) is 11.2. The molecule has 1 aromatic rings. The number of benzene rings is 1. The van der Waals surface area contributed by atoms with Crippen LogP contribution in [-0.4, -0.2) is 69.0 Å². The number of hydrogen-bond acceptors (Lipinski definition) is 5. The maximum Gasteiger partial charge on any atom is 0.409 e. The van der Waals surface area contributed by atoms with Crippen LogP contribution in [0.1, 0.15) is 31.7 Å². The zero-order valence-electron chi connectivity index (χ0n) is 16.1. The van der Waals surface area contributed by atoms with Crippen molar-refractivity contribution >= 4 is 22.0 Å². The van der Waals surface area contributed by atoms with Gasteiger partial charge < -0.3 is 14.5 Å². The molecular formula is C19H27N3O5S. The van der Waals surface area contributed by atoms with Gasteiger partial charge in [-0.3, -0.25) is 4.79 Å². The molecule has 1 aliphatic carbocycles. The number of nitrogens with one attached hydrogen (secondary N) is 1. The van der Waals surface area contributed by atoms with Crippen molar-refractivity contribution in [1.29, 1.82) is 0 Å². The third-order valence-electron chi connectivity index (χ3n) is 4.92. The monoisotopic (exact) mass is 409 g/mol. The van der Waals surface area contributed by atoms with Crippen LogP contribution in [0.5, 0.6) is 0 Å². The van der Waals surface area contributed by atoms with E-state index in [0.29, 0.717) is 45.6 Å². The predicted octanol–water partition coefficient (Wildman–Crippen LogP) is 1.36. The Morgan fingerprint density at radius 2 is 1.68 bits per heavy atom. The Kier molecular flexibility index (Phi) is 6.56. The van der Waals surface area contributed by atoms with Crippen LogP contribution >= 0.6 is 0 Å². The van der Waals surface area contributed by atoms with E-state index in [-0.39, 0.29) is 22.9 Å². The lowest BCUT2D eigenvalue weighted by Crippen LogP contribution is -2.50. The minimum atomic E-state index is -3.45. The van der Waals surface area contributed by atoms with Gasteiger partial charge in [-0.2, -0.15) is 0 Å². The molecular weight excluding hydrogens is 382 g/mol.